The minimum absolute atomic E-state index is 0.422. The molecule has 0 amide bonds. The quantitative estimate of drug-likeness (QED) is 0.733. The summed E-state index contributed by atoms with van der Waals surface area (Å²) in [7, 11) is -3.71. The molecule has 1 aromatic heterocycles. The number of benzene rings is 1. The van der Waals surface area contributed by atoms with Crippen molar-refractivity contribution in [3.63, 3.8) is 0 Å². The fourth-order valence-corrected chi connectivity index (χ4v) is 1.76. The topological polar surface area (TPSA) is 101 Å². The molecular formula is C9H10N4O2S. The van der Waals surface area contributed by atoms with Crippen molar-refractivity contribution in [2.45, 2.75) is 0 Å². The van der Waals surface area contributed by atoms with Crippen LogP contribution in [0.4, 0.5) is 5.69 Å². The number of hydrogen-bond donors (Lipinski definition) is 3. The maximum absolute atomic E-state index is 10.8. The molecule has 16 heavy (non-hydrogen) atoms. The zero-order chi connectivity index (χ0) is 11.6. The molecule has 0 atom stereocenters. The largest absolute Gasteiger partial charge is 0.296 e. The molecule has 0 aliphatic rings. The number of rotatable bonds is 3. The van der Waals surface area contributed by atoms with Gasteiger partial charge in [-0.2, -0.15) is 13.5 Å². The molecular weight excluding hydrogens is 228 g/mol. The third-order valence-electron chi connectivity index (χ3n) is 1.96. The Bertz CT molecular complexity index is 560. The molecule has 4 N–H and O–H groups in total. The highest BCUT2D eigenvalue weighted by atomic mass is 32.2. The molecule has 0 aliphatic carbocycles. The van der Waals surface area contributed by atoms with Crippen molar-refractivity contribution in [2.24, 2.45) is 5.14 Å². The molecule has 0 bridgehead atoms. The highest BCUT2D eigenvalue weighted by Crippen LogP contribution is 2.18. The van der Waals surface area contributed by atoms with Crippen molar-refractivity contribution < 1.29 is 8.42 Å². The molecule has 2 aromatic rings. The molecule has 6 nitrogen and oxygen atoms in total. The Morgan fingerprint density at radius 3 is 2.38 bits per heavy atom. The molecule has 7 heteroatoms. The van der Waals surface area contributed by atoms with Crippen LogP contribution in [0, 0.1) is 0 Å². The Morgan fingerprint density at radius 1 is 1.19 bits per heavy atom. The molecule has 0 spiro atoms. The Labute approximate surface area is 92.7 Å². The van der Waals surface area contributed by atoms with Gasteiger partial charge in [0.2, 0.25) is 0 Å². The van der Waals surface area contributed by atoms with Crippen LogP contribution in [0.3, 0.4) is 0 Å². The van der Waals surface area contributed by atoms with Gasteiger partial charge >= 0.3 is 0 Å². The lowest BCUT2D eigenvalue weighted by Crippen LogP contribution is -2.21. The van der Waals surface area contributed by atoms with Gasteiger partial charge in [-0.3, -0.25) is 9.82 Å². The minimum Gasteiger partial charge on any atom is -0.278 e. The van der Waals surface area contributed by atoms with E-state index in [2.05, 4.69) is 14.9 Å². The fraction of sp³-hybridized carbons (Fsp3) is 0. The lowest BCUT2D eigenvalue weighted by molar-refractivity contribution is 0.603. The van der Waals surface area contributed by atoms with Crippen molar-refractivity contribution in [3.8, 4) is 11.3 Å². The van der Waals surface area contributed by atoms with Crippen molar-refractivity contribution in [2.75, 3.05) is 4.72 Å². The number of nitrogens with two attached hydrogens (primary N) is 1. The molecule has 1 heterocycles. The lowest BCUT2D eigenvalue weighted by atomic mass is 10.1. The number of aromatic amines is 1. The van der Waals surface area contributed by atoms with Crippen molar-refractivity contribution in [3.05, 3.63) is 36.5 Å². The zero-order valence-corrected chi connectivity index (χ0v) is 9.03. The third kappa shape index (κ3) is 2.59. The normalized spacial score (nSPS) is 11.3. The number of H-pyrrole nitrogens is 1. The second-order valence-electron chi connectivity index (χ2n) is 3.19. The van der Waals surface area contributed by atoms with Crippen LogP contribution >= 0.6 is 0 Å². The van der Waals surface area contributed by atoms with Gasteiger partial charge in [0.25, 0.3) is 10.2 Å². The maximum Gasteiger partial charge on any atom is 0.296 e. The van der Waals surface area contributed by atoms with Crippen molar-refractivity contribution in [1.29, 1.82) is 0 Å². The first-order valence-electron chi connectivity index (χ1n) is 4.45. The first-order valence-corrected chi connectivity index (χ1v) is 5.99. The van der Waals surface area contributed by atoms with E-state index in [1.54, 1.807) is 30.5 Å². The number of nitrogens with one attached hydrogen (secondary N) is 2. The highest BCUT2D eigenvalue weighted by Gasteiger charge is 2.03. The van der Waals surface area contributed by atoms with Gasteiger partial charge in [-0.05, 0) is 23.8 Å². The number of nitrogens with zero attached hydrogens (tertiary/aromatic N) is 1. The summed E-state index contributed by atoms with van der Waals surface area (Å²) in [4.78, 5) is 0. The van der Waals surface area contributed by atoms with E-state index in [-0.39, 0.29) is 0 Å². The summed E-state index contributed by atoms with van der Waals surface area (Å²) < 4.78 is 23.7. The van der Waals surface area contributed by atoms with Crippen LogP contribution in [-0.2, 0) is 10.2 Å². The van der Waals surface area contributed by atoms with Crippen LogP contribution in [0.5, 0.6) is 0 Å². The van der Waals surface area contributed by atoms with Gasteiger partial charge < -0.3 is 0 Å². The smallest absolute Gasteiger partial charge is 0.278 e. The predicted octanol–water partition coefficient (Wildman–Crippen LogP) is 0.692. The molecule has 0 radical (unpaired) electrons. The molecule has 0 saturated carbocycles. The maximum atomic E-state index is 10.8. The first-order chi connectivity index (χ1) is 7.54. The molecule has 0 saturated heterocycles. The Balaban J connectivity index is 2.24. The highest BCUT2D eigenvalue weighted by molar-refractivity contribution is 7.90. The fourth-order valence-electron chi connectivity index (χ4n) is 1.30. The Kier molecular flexibility index (Phi) is 2.63. The minimum atomic E-state index is -3.71. The van der Waals surface area contributed by atoms with Gasteiger partial charge in [0, 0.05) is 11.9 Å². The van der Waals surface area contributed by atoms with E-state index in [1.165, 1.54) is 0 Å². The summed E-state index contributed by atoms with van der Waals surface area (Å²) in [5, 5.41) is 11.5. The predicted molar refractivity (Wildman–Crippen MR) is 60.8 cm³/mol. The van der Waals surface area contributed by atoms with Crippen LogP contribution < -0.4 is 9.86 Å². The summed E-state index contributed by atoms with van der Waals surface area (Å²) in [6, 6.07) is 8.60. The molecule has 2 rings (SSSR count). The van der Waals surface area contributed by atoms with Crippen LogP contribution in [-0.4, -0.2) is 18.6 Å². The zero-order valence-electron chi connectivity index (χ0n) is 8.21. The van der Waals surface area contributed by atoms with E-state index in [4.69, 9.17) is 5.14 Å². The first kappa shape index (κ1) is 10.7. The van der Waals surface area contributed by atoms with Crippen molar-refractivity contribution in [1.82, 2.24) is 10.2 Å². The van der Waals surface area contributed by atoms with Crippen LogP contribution in [0.15, 0.2) is 36.5 Å². The second kappa shape index (κ2) is 3.95. The molecule has 1 aromatic carbocycles. The molecule has 0 unspecified atom stereocenters. The monoisotopic (exact) mass is 238 g/mol. The molecule has 0 aliphatic heterocycles. The van der Waals surface area contributed by atoms with Crippen LogP contribution in [0.1, 0.15) is 0 Å². The van der Waals surface area contributed by atoms with Gasteiger partial charge in [-0.15, -0.1) is 0 Å². The SMILES string of the molecule is NS(=O)(=O)Nc1ccc(-c2ccn[nH]2)cc1. The standard InChI is InChI=1S/C9H10N4O2S/c10-16(14,15)13-8-3-1-7(2-4-8)9-5-6-11-12-9/h1-6,13H,(H,11,12)(H2,10,14,15). The number of hydrogen-bond acceptors (Lipinski definition) is 3. The Hall–Kier alpha value is -1.86. The van der Waals surface area contributed by atoms with Gasteiger partial charge in [-0.1, -0.05) is 12.1 Å². The summed E-state index contributed by atoms with van der Waals surface area (Å²) in [5.41, 5.74) is 2.20. The van der Waals surface area contributed by atoms with Crippen LogP contribution in [0.25, 0.3) is 11.3 Å². The van der Waals surface area contributed by atoms with E-state index < -0.39 is 10.2 Å². The van der Waals surface area contributed by atoms with Crippen molar-refractivity contribution >= 4 is 15.9 Å². The second-order valence-corrected chi connectivity index (χ2v) is 4.49. The van der Waals surface area contributed by atoms with Gasteiger partial charge in [0.05, 0.1) is 5.69 Å². The summed E-state index contributed by atoms with van der Waals surface area (Å²) in [6.45, 7) is 0. The third-order valence-corrected chi connectivity index (χ3v) is 2.48. The summed E-state index contributed by atoms with van der Waals surface area (Å²) >= 11 is 0. The van der Waals surface area contributed by atoms with E-state index in [1.807, 2.05) is 6.07 Å². The van der Waals surface area contributed by atoms with E-state index >= 15 is 0 Å². The molecule has 84 valence electrons. The van der Waals surface area contributed by atoms with E-state index in [0.29, 0.717) is 5.69 Å². The van der Waals surface area contributed by atoms with Crippen LogP contribution in [0.2, 0.25) is 0 Å². The molecule has 0 fully saturated rings. The number of aromatic nitrogens is 2. The average Bonchev–Trinajstić information content (AvgIpc) is 2.69. The average molecular weight is 238 g/mol. The lowest BCUT2D eigenvalue weighted by Gasteiger charge is -2.03. The van der Waals surface area contributed by atoms with E-state index in [0.717, 1.165) is 11.3 Å². The Morgan fingerprint density at radius 2 is 1.88 bits per heavy atom. The van der Waals surface area contributed by atoms with Gasteiger partial charge in [-0.25, -0.2) is 5.14 Å². The summed E-state index contributed by atoms with van der Waals surface area (Å²) in [5.74, 6) is 0. The van der Waals surface area contributed by atoms with Gasteiger partial charge in [0.1, 0.15) is 0 Å². The summed E-state index contributed by atoms with van der Waals surface area (Å²) in [6.07, 6.45) is 1.64. The van der Waals surface area contributed by atoms with E-state index in [9.17, 15) is 8.42 Å². The van der Waals surface area contributed by atoms with Gasteiger partial charge in [0.15, 0.2) is 0 Å². The number of anilines is 1.